The Morgan fingerprint density at radius 3 is 2.52 bits per heavy atom. The maximum Gasteiger partial charge on any atom is 0.243 e. The summed E-state index contributed by atoms with van der Waals surface area (Å²) in [4.78, 5) is 0.197. The van der Waals surface area contributed by atoms with Crippen LogP contribution in [0.4, 0.5) is 0 Å². The molecule has 2 aromatic rings. The number of hydrogen-bond donors (Lipinski definition) is 1. The number of sulfonamides is 1. The van der Waals surface area contributed by atoms with Crippen LogP contribution < -0.4 is 0 Å². The van der Waals surface area contributed by atoms with E-state index in [1.807, 2.05) is 0 Å². The zero-order chi connectivity index (χ0) is 15.3. The normalized spacial score (nSPS) is 11.2. The lowest BCUT2D eigenvalue weighted by Gasteiger charge is -2.16. The number of aliphatic hydroxyl groups excluding tert-OH is 1. The summed E-state index contributed by atoms with van der Waals surface area (Å²) >= 11 is 0. The molecule has 0 unspecified atom stereocenters. The molecule has 6 heteroatoms. The molecule has 1 N–H and O–H groups in total. The van der Waals surface area contributed by atoms with Crippen molar-refractivity contribution in [2.75, 3.05) is 13.7 Å². The van der Waals surface area contributed by atoms with Gasteiger partial charge >= 0.3 is 0 Å². The Kier molecular flexibility index (Phi) is 4.81. The highest BCUT2D eigenvalue weighted by atomic mass is 32.2. The minimum Gasteiger partial charge on any atom is -0.472 e. The molecule has 0 atom stereocenters. The van der Waals surface area contributed by atoms with E-state index < -0.39 is 10.0 Å². The third kappa shape index (κ3) is 3.73. The van der Waals surface area contributed by atoms with Crippen molar-refractivity contribution in [3.63, 3.8) is 0 Å². The molecule has 0 saturated heterocycles. The fraction of sp³-hybridized carbons (Fsp3) is 0.200. The highest BCUT2D eigenvalue weighted by Crippen LogP contribution is 2.17. The van der Waals surface area contributed by atoms with Gasteiger partial charge in [-0.1, -0.05) is 11.8 Å². The van der Waals surface area contributed by atoms with E-state index in [-0.39, 0.29) is 18.0 Å². The molecule has 2 rings (SSSR count). The summed E-state index contributed by atoms with van der Waals surface area (Å²) in [6.45, 7) is 0.0123. The standard InChI is InChI=1S/C15H15NO4S/c1-16(11-14-8-10-20-12-14)21(18,19)15-6-4-13(5-7-15)3-2-9-17/h4-8,10,12,17H,9,11H2,1H3. The van der Waals surface area contributed by atoms with Crippen LogP contribution >= 0.6 is 0 Å². The van der Waals surface area contributed by atoms with Crippen LogP contribution in [0.1, 0.15) is 11.1 Å². The first-order valence-corrected chi connectivity index (χ1v) is 7.65. The molecular weight excluding hydrogens is 290 g/mol. The molecule has 21 heavy (non-hydrogen) atoms. The van der Waals surface area contributed by atoms with Crippen LogP contribution in [0.15, 0.2) is 52.2 Å². The van der Waals surface area contributed by atoms with Gasteiger partial charge in [0.15, 0.2) is 0 Å². The van der Waals surface area contributed by atoms with Gasteiger partial charge in [0, 0.05) is 24.7 Å². The van der Waals surface area contributed by atoms with Gasteiger partial charge in [-0.15, -0.1) is 0 Å². The number of rotatable bonds is 4. The van der Waals surface area contributed by atoms with Crippen molar-refractivity contribution in [2.45, 2.75) is 11.4 Å². The molecular formula is C15H15NO4S. The third-order valence-corrected chi connectivity index (χ3v) is 4.68. The quantitative estimate of drug-likeness (QED) is 0.868. The molecule has 1 heterocycles. The van der Waals surface area contributed by atoms with Gasteiger partial charge in [-0.25, -0.2) is 8.42 Å². The van der Waals surface area contributed by atoms with Gasteiger partial charge < -0.3 is 9.52 Å². The van der Waals surface area contributed by atoms with Crippen molar-refractivity contribution >= 4 is 10.0 Å². The van der Waals surface area contributed by atoms with Crippen LogP contribution in [0.5, 0.6) is 0 Å². The SMILES string of the molecule is CN(Cc1ccoc1)S(=O)(=O)c1ccc(C#CCO)cc1. The highest BCUT2D eigenvalue weighted by molar-refractivity contribution is 7.89. The Morgan fingerprint density at radius 2 is 1.95 bits per heavy atom. The molecule has 110 valence electrons. The van der Waals surface area contributed by atoms with Crippen LogP contribution in [0.2, 0.25) is 0 Å². The second kappa shape index (κ2) is 6.59. The molecule has 0 aliphatic rings. The van der Waals surface area contributed by atoms with Crippen LogP contribution in [0.25, 0.3) is 0 Å². The number of furan rings is 1. The first-order chi connectivity index (χ1) is 10.0. The lowest BCUT2D eigenvalue weighted by atomic mass is 10.2. The molecule has 0 aliphatic heterocycles. The topological polar surface area (TPSA) is 70.8 Å². The summed E-state index contributed by atoms with van der Waals surface area (Å²) < 4.78 is 31.0. The molecule has 5 nitrogen and oxygen atoms in total. The fourth-order valence-electron chi connectivity index (χ4n) is 1.76. The second-order valence-corrected chi connectivity index (χ2v) is 6.42. The van der Waals surface area contributed by atoms with Gasteiger partial charge in [-0.05, 0) is 30.3 Å². The molecule has 0 amide bonds. The van der Waals surface area contributed by atoms with Crippen LogP contribution in [0.3, 0.4) is 0 Å². The van der Waals surface area contributed by atoms with Gasteiger partial charge in [0.05, 0.1) is 17.4 Å². The maximum atomic E-state index is 12.4. The Balaban J connectivity index is 2.18. The monoisotopic (exact) mass is 305 g/mol. The van der Waals surface area contributed by atoms with Gasteiger partial charge in [0.1, 0.15) is 6.61 Å². The van der Waals surface area contributed by atoms with Crippen molar-refractivity contribution in [2.24, 2.45) is 0 Å². The zero-order valence-corrected chi connectivity index (χ0v) is 12.3. The van der Waals surface area contributed by atoms with Crippen LogP contribution in [0, 0.1) is 11.8 Å². The van der Waals surface area contributed by atoms with Crippen molar-refractivity contribution in [3.05, 3.63) is 54.0 Å². The second-order valence-electron chi connectivity index (χ2n) is 4.38. The lowest BCUT2D eigenvalue weighted by molar-refractivity contribution is 0.350. The number of nitrogens with zero attached hydrogens (tertiary/aromatic N) is 1. The molecule has 0 bridgehead atoms. The Hall–Kier alpha value is -2.07. The molecule has 0 radical (unpaired) electrons. The van der Waals surface area contributed by atoms with E-state index in [9.17, 15) is 8.42 Å². The average molecular weight is 305 g/mol. The largest absolute Gasteiger partial charge is 0.472 e. The highest BCUT2D eigenvalue weighted by Gasteiger charge is 2.20. The lowest BCUT2D eigenvalue weighted by Crippen LogP contribution is -2.26. The van der Waals surface area contributed by atoms with Crippen molar-refractivity contribution in [1.29, 1.82) is 0 Å². The Morgan fingerprint density at radius 1 is 1.24 bits per heavy atom. The van der Waals surface area contributed by atoms with Crippen molar-refractivity contribution < 1.29 is 17.9 Å². The van der Waals surface area contributed by atoms with E-state index >= 15 is 0 Å². The van der Waals surface area contributed by atoms with Crippen molar-refractivity contribution in [1.82, 2.24) is 4.31 Å². The summed E-state index contributed by atoms with van der Waals surface area (Å²) in [5.41, 5.74) is 1.44. The Labute approximate surface area is 123 Å². The predicted molar refractivity (Wildman–Crippen MR) is 77.8 cm³/mol. The Bertz CT molecular complexity index is 737. The summed E-state index contributed by atoms with van der Waals surface area (Å²) in [5, 5.41) is 8.62. The first kappa shape index (κ1) is 15.3. The third-order valence-electron chi connectivity index (χ3n) is 2.86. The van der Waals surface area contributed by atoms with Crippen LogP contribution in [-0.2, 0) is 16.6 Å². The van der Waals surface area contributed by atoms with E-state index in [1.165, 1.54) is 36.0 Å². The van der Waals surface area contributed by atoms with Gasteiger partial charge in [-0.3, -0.25) is 0 Å². The number of aliphatic hydroxyl groups is 1. The number of hydrogen-bond acceptors (Lipinski definition) is 4. The maximum absolute atomic E-state index is 12.4. The van der Waals surface area contributed by atoms with Crippen molar-refractivity contribution in [3.8, 4) is 11.8 Å². The molecule has 0 fully saturated rings. The molecule has 1 aromatic carbocycles. The molecule has 0 spiro atoms. The van der Waals surface area contributed by atoms with E-state index in [0.717, 1.165) is 5.56 Å². The predicted octanol–water partition coefficient (Wildman–Crippen LogP) is 1.44. The zero-order valence-electron chi connectivity index (χ0n) is 11.5. The smallest absolute Gasteiger partial charge is 0.243 e. The van der Waals surface area contributed by atoms with E-state index in [1.54, 1.807) is 18.2 Å². The minimum absolute atomic E-state index is 0.197. The van der Waals surface area contributed by atoms with Gasteiger partial charge in [-0.2, -0.15) is 4.31 Å². The molecule has 1 aromatic heterocycles. The summed E-state index contributed by atoms with van der Waals surface area (Å²) in [7, 11) is -2.04. The number of benzene rings is 1. The molecule has 0 saturated carbocycles. The average Bonchev–Trinajstić information content (AvgIpc) is 2.98. The summed E-state index contributed by atoms with van der Waals surface area (Å²) in [6.07, 6.45) is 3.02. The van der Waals surface area contributed by atoms with E-state index in [2.05, 4.69) is 11.8 Å². The minimum atomic E-state index is -3.56. The van der Waals surface area contributed by atoms with Gasteiger partial charge in [0.2, 0.25) is 10.0 Å². The summed E-state index contributed by atoms with van der Waals surface area (Å²) in [5.74, 6) is 5.23. The van der Waals surface area contributed by atoms with E-state index in [4.69, 9.17) is 9.52 Å². The fourth-order valence-corrected chi connectivity index (χ4v) is 2.92. The van der Waals surface area contributed by atoms with E-state index in [0.29, 0.717) is 5.56 Å². The first-order valence-electron chi connectivity index (χ1n) is 6.21. The summed E-state index contributed by atoms with van der Waals surface area (Å²) in [6, 6.07) is 7.95. The molecule has 0 aliphatic carbocycles. The van der Waals surface area contributed by atoms with Crippen LogP contribution in [-0.4, -0.2) is 31.5 Å². The van der Waals surface area contributed by atoms with Gasteiger partial charge in [0.25, 0.3) is 0 Å².